The molecule has 7 nitrogen and oxygen atoms in total. The molecule has 0 radical (unpaired) electrons. The molecule has 34 heavy (non-hydrogen) atoms. The highest BCUT2D eigenvalue weighted by molar-refractivity contribution is 6.02. The first-order valence-electron chi connectivity index (χ1n) is 10.9. The van der Waals surface area contributed by atoms with Gasteiger partial charge in [0.2, 0.25) is 0 Å². The van der Waals surface area contributed by atoms with Crippen LogP contribution in [0, 0.1) is 0 Å². The monoisotopic (exact) mass is 444 g/mol. The lowest BCUT2D eigenvalue weighted by Gasteiger charge is -2.11. The molecule has 3 aromatic heterocycles. The molecule has 164 valence electrons. The molecule has 0 atom stereocenters. The molecule has 0 aliphatic carbocycles. The number of amides is 2. The third-order valence-corrected chi connectivity index (χ3v) is 5.64. The number of hydrogen-bond acceptors (Lipinski definition) is 3. The Hall–Kier alpha value is -4.91. The summed E-state index contributed by atoms with van der Waals surface area (Å²) in [4.78, 5) is 28.8. The first kappa shape index (κ1) is 19.8. The van der Waals surface area contributed by atoms with Crippen LogP contribution >= 0.6 is 0 Å². The van der Waals surface area contributed by atoms with Crippen LogP contribution in [0.25, 0.3) is 44.6 Å². The van der Waals surface area contributed by atoms with E-state index in [0.29, 0.717) is 11.2 Å². The van der Waals surface area contributed by atoms with E-state index in [1.165, 1.54) is 0 Å². The summed E-state index contributed by atoms with van der Waals surface area (Å²) in [5, 5.41) is 7.98. The molecule has 0 saturated heterocycles. The first-order chi connectivity index (χ1) is 16.7. The number of urea groups is 1. The van der Waals surface area contributed by atoms with Crippen molar-refractivity contribution < 1.29 is 4.79 Å². The maximum absolute atomic E-state index is 12.6. The molecule has 0 spiro atoms. The zero-order chi connectivity index (χ0) is 22.9. The van der Waals surface area contributed by atoms with Crippen molar-refractivity contribution in [1.29, 1.82) is 0 Å². The smallest absolute Gasteiger partial charge is 0.323 e. The Balaban J connectivity index is 1.30. The second kappa shape index (κ2) is 8.22. The summed E-state index contributed by atoms with van der Waals surface area (Å²) < 4.78 is 0. The predicted molar refractivity (Wildman–Crippen MR) is 136 cm³/mol. The molecule has 6 aromatic rings. The summed E-state index contributed by atoms with van der Waals surface area (Å²) >= 11 is 0. The Kier molecular flexibility index (Phi) is 4.77. The van der Waals surface area contributed by atoms with Gasteiger partial charge in [0.25, 0.3) is 0 Å². The van der Waals surface area contributed by atoms with Crippen LogP contribution in [-0.2, 0) is 0 Å². The second-order valence-electron chi connectivity index (χ2n) is 7.93. The molecule has 0 fully saturated rings. The van der Waals surface area contributed by atoms with E-state index >= 15 is 0 Å². The van der Waals surface area contributed by atoms with Crippen molar-refractivity contribution in [2.75, 3.05) is 10.6 Å². The van der Waals surface area contributed by atoms with Gasteiger partial charge in [-0.2, -0.15) is 0 Å². The number of carbonyl (C=O) groups is 1. The number of H-pyrrole nitrogens is 2. The minimum atomic E-state index is -0.324. The van der Waals surface area contributed by atoms with E-state index in [1.807, 2.05) is 97.3 Å². The van der Waals surface area contributed by atoms with E-state index in [2.05, 4.69) is 20.6 Å². The van der Waals surface area contributed by atoms with E-state index in [0.717, 1.165) is 44.8 Å². The SMILES string of the molecule is O=C(Nc1ccc2ccccc2c1)Nc1ccc2nc(-c3ccc[nH]3)c(-c3ccc[nH]3)nc2c1. The zero-order valence-corrected chi connectivity index (χ0v) is 18.0. The average molecular weight is 444 g/mol. The number of anilines is 2. The van der Waals surface area contributed by atoms with Crippen molar-refractivity contribution in [2.45, 2.75) is 0 Å². The number of fused-ring (bicyclic) bond motifs is 2. The van der Waals surface area contributed by atoms with Gasteiger partial charge in [-0.25, -0.2) is 14.8 Å². The maximum atomic E-state index is 12.6. The maximum Gasteiger partial charge on any atom is 0.323 e. The summed E-state index contributed by atoms with van der Waals surface area (Å²) in [6.45, 7) is 0. The van der Waals surface area contributed by atoms with Crippen molar-refractivity contribution >= 4 is 39.2 Å². The summed E-state index contributed by atoms with van der Waals surface area (Å²) in [5.74, 6) is 0. The molecule has 6 rings (SSSR count). The van der Waals surface area contributed by atoms with E-state index in [9.17, 15) is 4.79 Å². The molecular weight excluding hydrogens is 424 g/mol. The largest absolute Gasteiger partial charge is 0.360 e. The minimum Gasteiger partial charge on any atom is -0.360 e. The number of hydrogen-bond donors (Lipinski definition) is 4. The van der Waals surface area contributed by atoms with Crippen LogP contribution in [0.1, 0.15) is 0 Å². The first-order valence-corrected chi connectivity index (χ1v) is 10.9. The molecule has 0 bridgehead atoms. The van der Waals surface area contributed by atoms with Gasteiger partial charge >= 0.3 is 6.03 Å². The summed E-state index contributed by atoms with van der Waals surface area (Å²) in [7, 11) is 0. The summed E-state index contributed by atoms with van der Waals surface area (Å²) in [5.41, 5.74) is 6.02. The van der Waals surface area contributed by atoms with Gasteiger partial charge in [0.15, 0.2) is 0 Å². The van der Waals surface area contributed by atoms with Crippen LogP contribution in [0.15, 0.2) is 97.3 Å². The van der Waals surface area contributed by atoms with Gasteiger partial charge in [0.1, 0.15) is 11.4 Å². The van der Waals surface area contributed by atoms with Crippen molar-refractivity contribution in [1.82, 2.24) is 19.9 Å². The van der Waals surface area contributed by atoms with Gasteiger partial charge < -0.3 is 20.6 Å². The number of benzene rings is 3. The lowest BCUT2D eigenvalue weighted by atomic mass is 10.1. The Morgan fingerprint density at radius 3 is 1.91 bits per heavy atom. The lowest BCUT2D eigenvalue weighted by Crippen LogP contribution is -2.19. The molecule has 0 aliphatic rings. The van der Waals surface area contributed by atoms with E-state index < -0.39 is 0 Å². The lowest BCUT2D eigenvalue weighted by molar-refractivity contribution is 0.262. The minimum absolute atomic E-state index is 0.324. The van der Waals surface area contributed by atoms with Gasteiger partial charge in [0.05, 0.1) is 22.4 Å². The van der Waals surface area contributed by atoms with Crippen LogP contribution in [0.2, 0.25) is 0 Å². The number of nitrogens with zero attached hydrogens (tertiary/aromatic N) is 2. The number of rotatable bonds is 4. The van der Waals surface area contributed by atoms with Crippen LogP contribution in [0.3, 0.4) is 0 Å². The standard InChI is InChI=1S/C27H20N6O/c34-27(30-19-10-9-17-5-1-2-6-18(17)15-19)31-20-11-12-21-24(16-20)33-26(23-8-4-14-29-23)25(32-21)22-7-3-13-28-22/h1-16,28-29H,(H2,30,31,34). The van der Waals surface area contributed by atoms with Crippen molar-refractivity contribution in [3.63, 3.8) is 0 Å². The van der Waals surface area contributed by atoms with E-state index in [1.54, 1.807) is 0 Å². The van der Waals surface area contributed by atoms with Gasteiger partial charge in [0, 0.05) is 23.8 Å². The van der Waals surface area contributed by atoms with Gasteiger partial charge in [-0.05, 0) is 65.4 Å². The fraction of sp³-hybridized carbons (Fsp3) is 0. The predicted octanol–water partition coefficient (Wildman–Crippen LogP) is 6.42. The van der Waals surface area contributed by atoms with Gasteiger partial charge in [-0.3, -0.25) is 0 Å². The van der Waals surface area contributed by atoms with Crippen LogP contribution in [0.4, 0.5) is 16.2 Å². The number of aromatic nitrogens is 4. The highest BCUT2D eigenvalue weighted by atomic mass is 16.2. The molecule has 3 heterocycles. The van der Waals surface area contributed by atoms with Crippen LogP contribution in [0.5, 0.6) is 0 Å². The quantitative estimate of drug-likeness (QED) is 0.253. The van der Waals surface area contributed by atoms with Crippen molar-refractivity contribution in [3.05, 3.63) is 97.3 Å². The Bertz CT molecular complexity index is 1620. The third kappa shape index (κ3) is 3.75. The Morgan fingerprint density at radius 1 is 0.618 bits per heavy atom. The molecule has 7 heteroatoms. The van der Waals surface area contributed by atoms with Gasteiger partial charge in [-0.15, -0.1) is 0 Å². The molecule has 3 aromatic carbocycles. The second-order valence-corrected chi connectivity index (χ2v) is 7.93. The normalized spacial score (nSPS) is 11.1. The fourth-order valence-electron chi connectivity index (χ4n) is 4.02. The summed E-state index contributed by atoms with van der Waals surface area (Å²) in [6.07, 6.45) is 3.72. The molecule has 0 saturated carbocycles. The summed E-state index contributed by atoms with van der Waals surface area (Å²) in [6, 6.07) is 26.8. The highest BCUT2D eigenvalue weighted by Crippen LogP contribution is 2.30. The zero-order valence-electron chi connectivity index (χ0n) is 18.0. The van der Waals surface area contributed by atoms with E-state index in [-0.39, 0.29) is 6.03 Å². The Morgan fingerprint density at radius 2 is 1.24 bits per heavy atom. The number of aromatic amines is 2. The topological polar surface area (TPSA) is 98.5 Å². The molecule has 0 unspecified atom stereocenters. The van der Waals surface area contributed by atoms with Crippen LogP contribution < -0.4 is 10.6 Å². The number of nitrogens with one attached hydrogen (secondary N) is 4. The number of carbonyl (C=O) groups excluding carboxylic acids is 1. The molecule has 0 aliphatic heterocycles. The molecule has 4 N–H and O–H groups in total. The van der Waals surface area contributed by atoms with E-state index in [4.69, 9.17) is 9.97 Å². The van der Waals surface area contributed by atoms with Crippen LogP contribution in [-0.4, -0.2) is 26.0 Å². The molecule has 2 amide bonds. The van der Waals surface area contributed by atoms with Gasteiger partial charge in [-0.1, -0.05) is 30.3 Å². The fourth-order valence-corrected chi connectivity index (χ4v) is 4.02. The van der Waals surface area contributed by atoms with Crippen molar-refractivity contribution in [2.24, 2.45) is 0 Å². The molecular formula is C27H20N6O. The third-order valence-electron chi connectivity index (χ3n) is 5.64. The average Bonchev–Trinajstić information content (AvgIpc) is 3.58. The Labute approximate surface area is 194 Å². The highest BCUT2D eigenvalue weighted by Gasteiger charge is 2.15. The van der Waals surface area contributed by atoms with Crippen molar-refractivity contribution in [3.8, 4) is 22.8 Å².